The van der Waals surface area contributed by atoms with E-state index >= 15 is 0 Å². The number of nitrogen functional groups attached to an aromatic ring is 1. The quantitative estimate of drug-likeness (QED) is 0.855. The number of amides is 1. The standard InChI is InChI=1S/C13H19N3O2/c1-9-7-10(8-12(14)15-9)13(17)16(2)11-3-5-18-6-4-11/h7-8,11H,3-6H2,1-2H3,(H2,14,15). The molecular weight excluding hydrogens is 230 g/mol. The number of anilines is 1. The number of nitrogens with two attached hydrogens (primary N) is 1. The van der Waals surface area contributed by atoms with Crippen molar-refractivity contribution in [2.45, 2.75) is 25.8 Å². The number of hydrogen-bond acceptors (Lipinski definition) is 4. The Morgan fingerprint density at radius 3 is 2.72 bits per heavy atom. The first-order chi connectivity index (χ1) is 8.58. The van der Waals surface area contributed by atoms with Gasteiger partial charge in [-0.3, -0.25) is 4.79 Å². The van der Waals surface area contributed by atoms with E-state index in [4.69, 9.17) is 10.5 Å². The van der Waals surface area contributed by atoms with Crippen molar-refractivity contribution in [3.05, 3.63) is 23.4 Å². The molecule has 0 radical (unpaired) electrons. The summed E-state index contributed by atoms with van der Waals surface area (Å²) in [5, 5.41) is 0. The molecule has 1 amide bonds. The van der Waals surface area contributed by atoms with Crippen LogP contribution in [-0.2, 0) is 4.74 Å². The number of carbonyl (C=O) groups excluding carboxylic acids is 1. The number of rotatable bonds is 2. The molecule has 5 nitrogen and oxygen atoms in total. The second-order valence-corrected chi connectivity index (χ2v) is 4.68. The Hall–Kier alpha value is -1.62. The first-order valence-corrected chi connectivity index (χ1v) is 6.17. The summed E-state index contributed by atoms with van der Waals surface area (Å²) in [7, 11) is 1.84. The summed E-state index contributed by atoms with van der Waals surface area (Å²) in [5.74, 6) is 0.387. The highest BCUT2D eigenvalue weighted by molar-refractivity contribution is 5.95. The van der Waals surface area contributed by atoms with E-state index in [1.54, 1.807) is 17.0 Å². The molecule has 2 N–H and O–H groups in total. The second kappa shape index (κ2) is 5.35. The fraction of sp³-hybridized carbons (Fsp3) is 0.538. The third-order valence-corrected chi connectivity index (χ3v) is 3.28. The number of aromatic nitrogens is 1. The smallest absolute Gasteiger partial charge is 0.254 e. The molecule has 98 valence electrons. The van der Waals surface area contributed by atoms with Gasteiger partial charge < -0.3 is 15.4 Å². The molecule has 0 unspecified atom stereocenters. The summed E-state index contributed by atoms with van der Waals surface area (Å²) in [6.07, 6.45) is 1.78. The molecule has 1 aromatic heterocycles. The Bertz CT molecular complexity index is 422. The van der Waals surface area contributed by atoms with Crippen molar-refractivity contribution in [1.82, 2.24) is 9.88 Å². The van der Waals surface area contributed by atoms with Crippen LogP contribution in [0.2, 0.25) is 0 Å². The molecule has 0 bridgehead atoms. The molecule has 0 atom stereocenters. The van der Waals surface area contributed by atoms with Crippen molar-refractivity contribution in [2.24, 2.45) is 0 Å². The van der Waals surface area contributed by atoms with Crippen LogP contribution in [0.25, 0.3) is 0 Å². The number of carbonyl (C=O) groups is 1. The van der Waals surface area contributed by atoms with E-state index in [1.807, 2.05) is 14.0 Å². The molecule has 0 saturated carbocycles. The molecule has 1 fully saturated rings. The van der Waals surface area contributed by atoms with Crippen LogP contribution >= 0.6 is 0 Å². The fourth-order valence-electron chi connectivity index (χ4n) is 2.26. The van der Waals surface area contributed by atoms with Gasteiger partial charge in [0.1, 0.15) is 5.82 Å². The van der Waals surface area contributed by atoms with Crippen LogP contribution in [0.5, 0.6) is 0 Å². The third kappa shape index (κ3) is 2.79. The first kappa shape index (κ1) is 12.8. The van der Waals surface area contributed by atoms with E-state index in [-0.39, 0.29) is 11.9 Å². The van der Waals surface area contributed by atoms with Crippen LogP contribution in [0.3, 0.4) is 0 Å². The monoisotopic (exact) mass is 249 g/mol. The van der Waals surface area contributed by atoms with E-state index < -0.39 is 0 Å². The van der Waals surface area contributed by atoms with Crippen LogP contribution in [0, 0.1) is 6.92 Å². The minimum atomic E-state index is -0.000833. The maximum atomic E-state index is 12.4. The molecule has 2 rings (SSSR count). The van der Waals surface area contributed by atoms with Gasteiger partial charge in [0.2, 0.25) is 0 Å². The summed E-state index contributed by atoms with van der Waals surface area (Å²) in [4.78, 5) is 18.2. The second-order valence-electron chi connectivity index (χ2n) is 4.68. The summed E-state index contributed by atoms with van der Waals surface area (Å²) in [6.45, 7) is 3.28. The summed E-state index contributed by atoms with van der Waals surface area (Å²) in [5.41, 5.74) is 7.04. The number of hydrogen-bond donors (Lipinski definition) is 1. The molecule has 0 aromatic carbocycles. The minimum Gasteiger partial charge on any atom is -0.384 e. The van der Waals surface area contributed by atoms with Crippen molar-refractivity contribution in [3.63, 3.8) is 0 Å². The molecule has 0 aliphatic carbocycles. The molecule has 18 heavy (non-hydrogen) atoms. The van der Waals surface area contributed by atoms with Gasteiger partial charge in [-0.05, 0) is 31.9 Å². The molecule has 5 heteroatoms. The highest BCUT2D eigenvalue weighted by Crippen LogP contribution is 2.17. The summed E-state index contributed by atoms with van der Waals surface area (Å²) >= 11 is 0. The van der Waals surface area contributed by atoms with Gasteiger partial charge in [0.05, 0.1) is 0 Å². The van der Waals surface area contributed by atoms with Crippen molar-refractivity contribution < 1.29 is 9.53 Å². The van der Waals surface area contributed by atoms with E-state index in [0.717, 1.165) is 31.7 Å². The fourth-order valence-corrected chi connectivity index (χ4v) is 2.26. The maximum absolute atomic E-state index is 12.4. The predicted octanol–water partition coefficient (Wildman–Crippen LogP) is 1.22. The molecule has 1 aromatic rings. The Kier molecular flexibility index (Phi) is 3.81. The number of nitrogens with zero attached hydrogens (tertiary/aromatic N) is 2. The molecule has 1 saturated heterocycles. The van der Waals surface area contributed by atoms with Crippen LogP contribution in [0.1, 0.15) is 28.9 Å². The van der Waals surface area contributed by atoms with Gasteiger partial charge in [0.25, 0.3) is 5.91 Å². The normalized spacial score (nSPS) is 16.6. The zero-order chi connectivity index (χ0) is 13.1. The maximum Gasteiger partial charge on any atom is 0.254 e. The average molecular weight is 249 g/mol. The third-order valence-electron chi connectivity index (χ3n) is 3.28. The van der Waals surface area contributed by atoms with Gasteiger partial charge >= 0.3 is 0 Å². The lowest BCUT2D eigenvalue weighted by atomic mass is 10.1. The average Bonchev–Trinajstić information content (AvgIpc) is 2.37. The topological polar surface area (TPSA) is 68.5 Å². The Morgan fingerprint density at radius 1 is 1.44 bits per heavy atom. The Labute approximate surface area is 107 Å². The lowest BCUT2D eigenvalue weighted by molar-refractivity contribution is 0.0362. The summed E-state index contributed by atoms with van der Waals surface area (Å²) in [6, 6.07) is 3.65. The number of aryl methyl sites for hydroxylation is 1. The summed E-state index contributed by atoms with van der Waals surface area (Å²) < 4.78 is 5.31. The SMILES string of the molecule is Cc1cc(C(=O)N(C)C2CCOCC2)cc(N)n1. The lowest BCUT2D eigenvalue weighted by Crippen LogP contribution is -2.40. The van der Waals surface area contributed by atoms with Crippen molar-refractivity contribution >= 4 is 11.7 Å². The Morgan fingerprint density at radius 2 is 2.11 bits per heavy atom. The van der Waals surface area contributed by atoms with Crippen LogP contribution < -0.4 is 5.73 Å². The van der Waals surface area contributed by atoms with Gasteiger partial charge in [-0.1, -0.05) is 0 Å². The van der Waals surface area contributed by atoms with Gasteiger partial charge in [-0.15, -0.1) is 0 Å². The van der Waals surface area contributed by atoms with Crippen LogP contribution in [-0.4, -0.2) is 42.1 Å². The van der Waals surface area contributed by atoms with Crippen LogP contribution in [0.15, 0.2) is 12.1 Å². The highest BCUT2D eigenvalue weighted by Gasteiger charge is 2.23. The zero-order valence-electron chi connectivity index (χ0n) is 10.8. The van der Waals surface area contributed by atoms with Crippen molar-refractivity contribution in [2.75, 3.05) is 26.0 Å². The lowest BCUT2D eigenvalue weighted by Gasteiger charge is -2.31. The number of pyridine rings is 1. The van der Waals surface area contributed by atoms with Crippen molar-refractivity contribution in [1.29, 1.82) is 0 Å². The minimum absolute atomic E-state index is 0.000833. The van der Waals surface area contributed by atoms with Crippen molar-refractivity contribution in [3.8, 4) is 0 Å². The van der Waals surface area contributed by atoms with E-state index in [0.29, 0.717) is 11.4 Å². The molecule has 2 heterocycles. The van der Waals surface area contributed by atoms with Gasteiger partial charge in [-0.25, -0.2) is 4.98 Å². The van der Waals surface area contributed by atoms with E-state index in [1.165, 1.54) is 0 Å². The first-order valence-electron chi connectivity index (χ1n) is 6.17. The predicted molar refractivity (Wildman–Crippen MR) is 69.3 cm³/mol. The molecule has 1 aliphatic rings. The zero-order valence-corrected chi connectivity index (χ0v) is 10.8. The highest BCUT2D eigenvalue weighted by atomic mass is 16.5. The van der Waals surface area contributed by atoms with Gasteiger partial charge in [-0.2, -0.15) is 0 Å². The van der Waals surface area contributed by atoms with Crippen LogP contribution in [0.4, 0.5) is 5.82 Å². The molecule has 0 spiro atoms. The van der Waals surface area contributed by atoms with Gasteiger partial charge in [0.15, 0.2) is 0 Å². The van der Waals surface area contributed by atoms with E-state index in [9.17, 15) is 4.79 Å². The number of ether oxygens (including phenoxy) is 1. The molecular formula is C13H19N3O2. The Balaban J connectivity index is 2.14. The van der Waals surface area contributed by atoms with Gasteiger partial charge in [0, 0.05) is 37.6 Å². The van der Waals surface area contributed by atoms with E-state index in [2.05, 4.69) is 4.98 Å². The largest absolute Gasteiger partial charge is 0.384 e. The molecule has 1 aliphatic heterocycles.